The van der Waals surface area contributed by atoms with Crippen LogP contribution in [-0.2, 0) is 16.1 Å². The first kappa shape index (κ1) is 18.2. The zero-order chi connectivity index (χ0) is 18.0. The number of carbonyl (C=O) groups excluding carboxylic acids is 2. The summed E-state index contributed by atoms with van der Waals surface area (Å²) in [6, 6.07) is 3.75. The molecule has 3 rings (SSSR count). The van der Waals surface area contributed by atoms with E-state index in [0.717, 1.165) is 25.0 Å². The van der Waals surface area contributed by atoms with Crippen molar-refractivity contribution in [3.05, 3.63) is 35.4 Å². The summed E-state index contributed by atoms with van der Waals surface area (Å²) >= 11 is 1.48. The molecule has 2 aliphatic rings. The number of halogens is 2. The standard InChI is InChI=1S/C18H22F2N2O2S/c1-25-11-16(23)22-8-6-18(12-22)5-2-7-21(17(18)24)10-13-3-4-14(19)15(20)9-13/h3-4,9H,2,5-8,10-12H2,1H3. The van der Waals surface area contributed by atoms with Crippen LogP contribution in [-0.4, -0.2) is 53.3 Å². The van der Waals surface area contributed by atoms with Gasteiger partial charge in [-0.15, -0.1) is 0 Å². The quantitative estimate of drug-likeness (QED) is 0.820. The van der Waals surface area contributed by atoms with Crippen LogP contribution in [0.1, 0.15) is 24.8 Å². The first-order valence-corrected chi connectivity index (χ1v) is 9.84. The van der Waals surface area contributed by atoms with Crippen molar-refractivity contribution < 1.29 is 18.4 Å². The first-order chi connectivity index (χ1) is 11.9. The molecule has 7 heteroatoms. The number of nitrogens with zero attached hydrogens (tertiary/aromatic N) is 2. The molecule has 2 fully saturated rings. The van der Waals surface area contributed by atoms with Crippen LogP contribution in [0, 0.1) is 17.0 Å². The predicted molar refractivity (Wildman–Crippen MR) is 93.0 cm³/mol. The maximum Gasteiger partial charge on any atom is 0.232 e. The third-order valence-corrected chi connectivity index (χ3v) is 5.69. The van der Waals surface area contributed by atoms with Gasteiger partial charge in [0, 0.05) is 26.2 Å². The number of benzene rings is 1. The zero-order valence-electron chi connectivity index (χ0n) is 14.3. The monoisotopic (exact) mass is 368 g/mol. The SMILES string of the molecule is CSCC(=O)N1CCC2(CCCN(Cc3ccc(F)c(F)c3)C2=O)C1. The van der Waals surface area contributed by atoms with Crippen molar-refractivity contribution in [2.45, 2.75) is 25.8 Å². The van der Waals surface area contributed by atoms with E-state index in [4.69, 9.17) is 0 Å². The number of likely N-dealkylation sites (tertiary alicyclic amines) is 2. The minimum atomic E-state index is -0.897. The van der Waals surface area contributed by atoms with Gasteiger partial charge in [0.2, 0.25) is 11.8 Å². The Balaban J connectivity index is 1.71. The molecule has 1 spiro atoms. The molecule has 0 saturated carbocycles. The van der Waals surface area contributed by atoms with Crippen LogP contribution in [0.3, 0.4) is 0 Å². The first-order valence-electron chi connectivity index (χ1n) is 8.45. The van der Waals surface area contributed by atoms with Gasteiger partial charge in [-0.2, -0.15) is 11.8 Å². The molecule has 4 nitrogen and oxygen atoms in total. The number of carbonyl (C=O) groups is 2. The summed E-state index contributed by atoms with van der Waals surface area (Å²) in [5.74, 6) is -1.24. The molecule has 0 radical (unpaired) electrons. The molecule has 2 amide bonds. The molecule has 0 aliphatic carbocycles. The molecule has 0 N–H and O–H groups in total. The summed E-state index contributed by atoms with van der Waals surface area (Å²) in [7, 11) is 0. The van der Waals surface area contributed by atoms with Gasteiger partial charge in [-0.3, -0.25) is 9.59 Å². The summed E-state index contributed by atoms with van der Waals surface area (Å²) in [5.41, 5.74) is 0.0721. The molecule has 1 unspecified atom stereocenters. The fraction of sp³-hybridized carbons (Fsp3) is 0.556. The third kappa shape index (κ3) is 3.66. The highest BCUT2D eigenvalue weighted by atomic mass is 32.2. The predicted octanol–water partition coefficient (Wildman–Crippen LogP) is 2.67. The Morgan fingerprint density at radius 1 is 1.24 bits per heavy atom. The lowest BCUT2D eigenvalue weighted by Crippen LogP contribution is -2.50. The molecule has 2 heterocycles. The molecular formula is C18H22F2N2O2S. The Hall–Kier alpha value is -1.63. The normalized spacial score (nSPS) is 23.6. The minimum Gasteiger partial charge on any atom is -0.341 e. The Bertz CT molecular complexity index is 685. The Morgan fingerprint density at radius 3 is 2.76 bits per heavy atom. The van der Waals surface area contributed by atoms with Crippen molar-refractivity contribution >= 4 is 23.6 Å². The number of hydrogen-bond acceptors (Lipinski definition) is 3. The highest BCUT2D eigenvalue weighted by Gasteiger charge is 2.49. The van der Waals surface area contributed by atoms with E-state index in [1.807, 2.05) is 6.26 Å². The van der Waals surface area contributed by atoms with E-state index in [1.54, 1.807) is 9.80 Å². The molecule has 0 aromatic heterocycles. The maximum absolute atomic E-state index is 13.4. The molecule has 25 heavy (non-hydrogen) atoms. The lowest BCUT2D eigenvalue weighted by atomic mass is 9.78. The Morgan fingerprint density at radius 2 is 2.04 bits per heavy atom. The van der Waals surface area contributed by atoms with Crippen LogP contribution < -0.4 is 0 Å². The molecular weight excluding hydrogens is 346 g/mol. The maximum atomic E-state index is 13.4. The van der Waals surface area contributed by atoms with Crippen LogP contribution >= 0.6 is 11.8 Å². The van der Waals surface area contributed by atoms with E-state index in [0.29, 0.717) is 37.4 Å². The lowest BCUT2D eigenvalue weighted by Gasteiger charge is -2.39. The van der Waals surface area contributed by atoms with Crippen LogP contribution in [0.5, 0.6) is 0 Å². The van der Waals surface area contributed by atoms with Crippen LogP contribution in [0.15, 0.2) is 18.2 Å². The van der Waals surface area contributed by atoms with Gasteiger partial charge in [-0.1, -0.05) is 6.07 Å². The van der Waals surface area contributed by atoms with Gasteiger partial charge in [-0.05, 0) is 43.2 Å². The molecule has 1 aromatic carbocycles. The van der Waals surface area contributed by atoms with Crippen molar-refractivity contribution in [1.29, 1.82) is 0 Å². The summed E-state index contributed by atoms with van der Waals surface area (Å²) in [6.45, 7) is 1.97. The Kier molecular flexibility index (Phi) is 5.32. The summed E-state index contributed by atoms with van der Waals surface area (Å²) in [5, 5.41) is 0. The molecule has 2 saturated heterocycles. The van der Waals surface area contributed by atoms with Gasteiger partial charge in [0.15, 0.2) is 11.6 Å². The van der Waals surface area contributed by atoms with Gasteiger partial charge in [0.1, 0.15) is 0 Å². The largest absolute Gasteiger partial charge is 0.341 e. The average molecular weight is 368 g/mol. The average Bonchev–Trinajstić information content (AvgIpc) is 3.01. The van der Waals surface area contributed by atoms with Crippen molar-refractivity contribution in [3.8, 4) is 0 Å². The number of hydrogen-bond donors (Lipinski definition) is 0. The van der Waals surface area contributed by atoms with Crippen molar-refractivity contribution in [2.75, 3.05) is 31.6 Å². The highest BCUT2D eigenvalue weighted by molar-refractivity contribution is 7.99. The number of rotatable bonds is 4. The summed E-state index contributed by atoms with van der Waals surface area (Å²) in [4.78, 5) is 28.7. The summed E-state index contributed by atoms with van der Waals surface area (Å²) in [6.07, 6.45) is 4.21. The van der Waals surface area contributed by atoms with Gasteiger partial charge >= 0.3 is 0 Å². The third-order valence-electron chi connectivity index (χ3n) is 5.16. The van der Waals surface area contributed by atoms with Crippen LogP contribution in [0.4, 0.5) is 8.78 Å². The fourth-order valence-corrected chi connectivity index (χ4v) is 4.27. The Labute approximate surface area is 150 Å². The van der Waals surface area contributed by atoms with Crippen LogP contribution in [0.2, 0.25) is 0 Å². The number of piperidine rings is 1. The smallest absolute Gasteiger partial charge is 0.232 e. The second kappa shape index (κ2) is 7.32. The summed E-state index contributed by atoms with van der Waals surface area (Å²) < 4.78 is 26.5. The molecule has 1 aromatic rings. The van der Waals surface area contributed by atoms with Gasteiger partial charge < -0.3 is 9.80 Å². The molecule has 2 aliphatic heterocycles. The number of thioether (sulfide) groups is 1. The van der Waals surface area contributed by atoms with Gasteiger partial charge in [0.25, 0.3) is 0 Å². The van der Waals surface area contributed by atoms with Crippen molar-refractivity contribution in [1.82, 2.24) is 9.80 Å². The van der Waals surface area contributed by atoms with Gasteiger partial charge in [0.05, 0.1) is 11.2 Å². The topological polar surface area (TPSA) is 40.6 Å². The van der Waals surface area contributed by atoms with E-state index in [1.165, 1.54) is 17.8 Å². The van der Waals surface area contributed by atoms with E-state index in [9.17, 15) is 18.4 Å². The zero-order valence-corrected chi connectivity index (χ0v) is 15.1. The van der Waals surface area contributed by atoms with E-state index < -0.39 is 17.0 Å². The van der Waals surface area contributed by atoms with Crippen LogP contribution in [0.25, 0.3) is 0 Å². The van der Waals surface area contributed by atoms with Crippen molar-refractivity contribution in [2.24, 2.45) is 5.41 Å². The lowest BCUT2D eigenvalue weighted by molar-refractivity contribution is -0.146. The molecule has 136 valence electrons. The second-order valence-electron chi connectivity index (χ2n) is 6.86. The van der Waals surface area contributed by atoms with Gasteiger partial charge in [-0.25, -0.2) is 8.78 Å². The van der Waals surface area contributed by atoms with E-state index in [-0.39, 0.29) is 18.4 Å². The second-order valence-corrected chi connectivity index (χ2v) is 7.72. The van der Waals surface area contributed by atoms with E-state index >= 15 is 0 Å². The number of amides is 2. The molecule has 1 atom stereocenters. The molecule has 0 bridgehead atoms. The van der Waals surface area contributed by atoms with E-state index in [2.05, 4.69) is 0 Å². The van der Waals surface area contributed by atoms with Crippen molar-refractivity contribution in [3.63, 3.8) is 0 Å². The fourth-order valence-electron chi connectivity index (χ4n) is 3.84. The minimum absolute atomic E-state index is 0.0305. The highest BCUT2D eigenvalue weighted by Crippen LogP contribution is 2.40.